The SMILES string of the molecule is Cn1nc2c(cc1=O)CN(c1ccnc3c(Cl)cc(Br)cc13)CC2. The third-order valence-electron chi connectivity index (χ3n) is 4.32. The Morgan fingerprint density at radius 1 is 1.29 bits per heavy atom. The molecule has 0 atom stereocenters. The molecule has 0 amide bonds. The van der Waals surface area contributed by atoms with E-state index in [1.807, 2.05) is 18.2 Å². The topological polar surface area (TPSA) is 51.0 Å². The quantitative estimate of drug-likeness (QED) is 0.623. The van der Waals surface area contributed by atoms with Gasteiger partial charge in [0.2, 0.25) is 0 Å². The minimum Gasteiger partial charge on any atom is -0.366 e. The van der Waals surface area contributed by atoms with Crippen molar-refractivity contribution >= 4 is 44.1 Å². The Morgan fingerprint density at radius 2 is 2.12 bits per heavy atom. The average molecular weight is 406 g/mol. The lowest BCUT2D eigenvalue weighted by Gasteiger charge is -2.31. The number of nitrogens with zero attached hydrogens (tertiary/aromatic N) is 4. The Hall–Kier alpha value is -1.92. The number of halogens is 2. The molecule has 1 aromatic carbocycles. The lowest BCUT2D eigenvalue weighted by Crippen LogP contribution is -2.34. The van der Waals surface area contributed by atoms with Crippen LogP contribution in [0.25, 0.3) is 10.9 Å². The van der Waals surface area contributed by atoms with Crippen LogP contribution in [0.1, 0.15) is 11.3 Å². The van der Waals surface area contributed by atoms with Crippen molar-refractivity contribution in [2.75, 3.05) is 11.4 Å². The first-order valence-electron chi connectivity index (χ1n) is 7.58. The smallest absolute Gasteiger partial charge is 0.266 e. The predicted octanol–water partition coefficient (Wildman–Crippen LogP) is 3.31. The highest BCUT2D eigenvalue weighted by atomic mass is 79.9. The summed E-state index contributed by atoms with van der Waals surface area (Å²) in [5.41, 5.74) is 3.74. The number of anilines is 1. The molecule has 0 fully saturated rings. The Balaban J connectivity index is 1.81. The summed E-state index contributed by atoms with van der Waals surface area (Å²) in [6, 6.07) is 7.55. The second kappa shape index (κ2) is 5.86. The lowest BCUT2D eigenvalue weighted by atomic mass is 10.0. The number of aryl methyl sites for hydroxylation is 1. The molecule has 0 unspecified atom stereocenters. The molecule has 2 aromatic heterocycles. The van der Waals surface area contributed by atoms with E-state index in [1.165, 1.54) is 4.68 Å². The van der Waals surface area contributed by atoms with Crippen LogP contribution >= 0.6 is 27.5 Å². The summed E-state index contributed by atoms with van der Waals surface area (Å²) in [5.74, 6) is 0. The third kappa shape index (κ3) is 2.59. The van der Waals surface area contributed by atoms with Gasteiger partial charge in [-0.15, -0.1) is 0 Å². The van der Waals surface area contributed by atoms with Gasteiger partial charge in [-0.3, -0.25) is 9.78 Å². The number of aromatic nitrogens is 3. The van der Waals surface area contributed by atoms with E-state index in [9.17, 15) is 4.79 Å². The van der Waals surface area contributed by atoms with Crippen molar-refractivity contribution in [3.63, 3.8) is 0 Å². The van der Waals surface area contributed by atoms with Crippen LogP contribution in [0.4, 0.5) is 5.69 Å². The summed E-state index contributed by atoms with van der Waals surface area (Å²) in [5, 5.41) is 5.99. The van der Waals surface area contributed by atoms with Crippen molar-refractivity contribution in [2.45, 2.75) is 13.0 Å². The summed E-state index contributed by atoms with van der Waals surface area (Å²) in [6.45, 7) is 1.49. The number of rotatable bonds is 1. The van der Waals surface area contributed by atoms with Crippen LogP contribution in [0, 0.1) is 0 Å². The molecule has 122 valence electrons. The third-order valence-corrected chi connectivity index (χ3v) is 5.06. The van der Waals surface area contributed by atoms with Crippen molar-refractivity contribution in [1.29, 1.82) is 0 Å². The van der Waals surface area contributed by atoms with E-state index in [0.717, 1.165) is 45.3 Å². The van der Waals surface area contributed by atoms with Crippen molar-refractivity contribution in [1.82, 2.24) is 14.8 Å². The Labute approximate surface area is 152 Å². The van der Waals surface area contributed by atoms with Crippen molar-refractivity contribution in [3.8, 4) is 0 Å². The molecular weight excluding hydrogens is 392 g/mol. The molecular formula is C17H14BrClN4O. The van der Waals surface area contributed by atoms with Gasteiger partial charge in [0.1, 0.15) is 0 Å². The molecule has 7 heteroatoms. The molecule has 4 rings (SSSR count). The Morgan fingerprint density at radius 3 is 2.96 bits per heavy atom. The summed E-state index contributed by atoms with van der Waals surface area (Å²) in [6.07, 6.45) is 2.57. The largest absolute Gasteiger partial charge is 0.366 e. The first kappa shape index (κ1) is 15.6. The fourth-order valence-electron chi connectivity index (χ4n) is 3.14. The van der Waals surface area contributed by atoms with E-state index in [-0.39, 0.29) is 5.56 Å². The second-order valence-electron chi connectivity index (χ2n) is 5.86. The summed E-state index contributed by atoms with van der Waals surface area (Å²) >= 11 is 9.83. The highest BCUT2D eigenvalue weighted by Crippen LogP contribution is 2.34. The molecule has 1 aliphatic rings. The average Bonchev–Trinajstić information content (AvgIpc) is 2.55. The molecule has 5 nitrogen and oxygen atoms in total. The molecule has 24 heavy (non-hydrogen) atoms. The molecule has 0 spiro atoms. The molecule has 3 heterocycles. The maximum absolute atomic E-state index is 11.9. The Bertz CT molecular complexity index is 1020. The van der Waals surface area contributed by atoms with Gasteiger partial charge in [0.05, 0.1) is 16.2 Å². The normalized spacial score (nSPS) is 14.0. The zero-order chi connectivity index (χ0) is 16.8. The van der Waals surface area contributed by atoms with Crippen LogP contribution in [-0.4, -0.2) is 21.3 Å². The molecule has 1 aliphatic heterocycles. The van der Waals surface area contributed by atoms with Gasteiger partial charge in [0.15, 0.2) is 0 Å². The van der Waals surface area contributed by atoms with E-state index < -0.39 is 0 Å². The van der Waals surface area contributed by atoms with Crippen LogP contribution in [-0.2, 0) is 20.0 Å². The first-order chi connectivity index (χ1) is 11.5. The van der Waals surface area contributed by atoms with E-state index >= 15 is 0 Å². The summed E-state index contributed by atoms with van der Waals surface area (Å²) in [4.78, 5) is 18.5. The molecule has 0 saturated carbocycles. The molecule has 0 N–H and O–H groups in total. The van der Waals surface area contributed by atoms with Crippen molar-refractivity contribution in [2.24, 2.45) is 7.05 Å². The minimum atomic E-state index is -0.0824. The second-order valence-corrected chi connectivity index (χ2v) is 7.19. The summed E-state index contributed by atoms with van der Waals surface area (Å²) in [7, 11) is 1.69. The maximum atomic E-state index is 11.9. The van der Waals surface area contributed by atoms with Gasteiger partial charge in [0, 0.05) is 59.9 Å². The van der Waals surface area contributed by atoms with E-state index in [1.54, 1.807) is 19.3 Å². The number of benzene rings is 1. The predicted molar refractivity (Wildman–Crippen MR) is 98.7 cm³/mol. The van der Waals surface area contributed by atoms with Crippen molar-refractivity contribution < 1.29 is 0 Å². The Kier molecular flexibility index (Phi) is 3.81. The van der Waals surface area contributed by atoms with Crippen LogP contribution in [0.2, 0.25) is 5.02 Å². The van der Waals surface area contributed by atoms with Crippen LogP contribution in [0.3, 0.4) is 0 Å². The van der Waals surface area contributed by atoms with Gasteiger partial charge in [0.25, 0.3) is 5.56 Å². The van der Waals surface area contributed by atoms with Gasteiger partial charge in [-0.25, -0.2) is 4.68 Å². The zero-order valence-electron chi connectivity index (χ0n) is 13.0. The van der Waals surface area contributed by atoms with E-state index in [4.69, 9.17) is 11.6 Å². The first-order valence-corrected chi connectivity index (χ1v) is 8.75. The standard InChI is InChI=1S/C17H14BrClN4O/c1-22-16(24)6-10-9-23(5-3-14(10)21-22)15-2-4-20-17-12(15)7-11(18)8-13(17)19/h2,4,6-8H,3,5,9H2,1H3. The number of fused-ring (bicyclic) bond motifs is 2. The highest BCUT2D eigenvalue weighted by Gasteiger charge is 2.21. The number of pyridine rings is 1. The van der Waals surface area contributed by atoms with Gasteiger partial charge < -0.3 is 4.90 Å². The van der Waals surface area contributed by atoms with Gasteiger partial charge in [-0.2, -0.15) is 5.10 Å². The number of hydrogen-bond acceptors (Lipinski definition) is 4. The number of hydrogen-bond donors (Lipinski definition) is 0. The minimum absolute atomic E-state index is 0.0824. The zero-order valence-corrected chi connectivity index (χ0v) is 15.3. The fraction of sp³-hybridized carbons (Fsp3) is 0.235. The van der Waals surface area contributed by atoms with Gasteiger partial charge in [-0.1, -0.05) is 27.5 Å². The lowest BCUT2D eigenvalue weighted by molar-refractivity contribution is 0.625. The van der Waals surface area contributed by atoms with E-state index in [0.29, 0.717) is 11.6 Å². The van der Waals surface area contributed by atoms with Gasteiger partial charge >= 0.3 is 0 Å². The molecule has 0 bridgehead atoms. The molecule has 3 aromatic rings. The molecule has 0 aliphatic carbocycles. The van der Waals surface area contributed by atoms with Crippen LogP contribution < -0.4 is 10.5 Å². The molecule has 0 saturated heterocycles. The summed E-state index contributed by atoms with van der Waals surface area (Å²) < 4.78 is 2.31. The highest BCUT2D eigenvalue weighted by molar-refractivity contribution is 9.10. The van der Waals surface area contributed by atoms with Crippen LogP contribution in [0.5, 0.6) is 0 Å². The monoisotopic (exact) mass is 404 g/mol. The van der Waals surface area contributed by atoms with Crippen molar-refractivity contribution in [3.05, 3.63) is 61.6 Å². The molecule has 0 radical (unpaired) electrons. The maximum Gasteiger partial charge on any atom is 0.266 e. The van der Waals surface area contributed by atoms with E-state index in [2.05, 4.69) is 30.9 Å². The fourth-order valence-corrected chi connectivity index (χ4v) is 4.00. The van der Waals surface area contributed by atoms with Crippen LogP contribution in [0.15, 0.2) is 39.7 Å². The van der Waals surface area contributed by atoms with Gasteiger partial charge in [-0.05, 0) is 18.2 Å².